The van der Waals surface area contributed by atoms with Gasteiger partial charge in [0.05, 0.1) is 40.7 Å². The van der Waals surface area contributed by atoms with Crippen LogP contribution < -0.4 is 9.47 Å². The van der Waals surface area contributed by atoms with Crippen LogP contribution in [0.15, 0.2) is 147 Å². The molecule has 0 atom stereocenters. The van der Waals surface area contributed by atoms with Crippen LogP contribution in [0.1, 0.15) is 12.0 Å². The summed E-state index contributed by atoms with van der Waals surface area (Å²) in [5.41, 5.74) is 4.90. The van der Waals surface area contributed by atoms with E-state index in [4.69, 9.17) is 14.2 Å². The van der Waals surface area contributed by atoms with E-state index in [0.29, 0.717) is 52.2 Å². The van der Waals surface area contributed by atoms with Gasteiger partial charge in [0.15, 0.2) is 5.78 Å². The topological polar surface area (TPSA) is 136 Å². The third kappa shape index (κ3) is 10.6. The zero-order valence-electron chi connectivity index (χ0n) is 24.6. The van der Waals surface area contributed by atoms with Crippen molar-refractivity contribution >= 4 is 45.9 Å². The summed E-state index contributed by atoms with van der Waals surface area (Å²) in [6.45, 7) is 8.78. The zero-order valence-corrected chi connectivity index (χ0v) is 24.6. The Labute approximate surface area is 260 Å². The predicted octanol–water partition coefficient (Wildman–Crippen LogP) is 9.83. The van der Waals surface area contributed by atoms with Crippen molar-refractivity contribution < 1.29 is 23.8 Å². The fourth-order valence-corrected chi connectivity index (χ4v) is 3.55. The van der Waals surface area contributed by atoms with Crippen molar-refractivity contribution in [2.24, 2.45) is 30.7 Å². The van der Waals surface area contributed by atoms with Crippen LogP contribution in [0.25, 0.3) is 0 Å². The molecule has 0 aliphatic carbocycles. The molecule has 226 valence electrons. The molecule has 0 N–H and O–H groups in total. The normalized spacial score (nSPS) is 11.1. The summed E-state index contributed by atoms with van der Waals surface area (Å²) >= 11 is 0. The number of ether oxygens (including phenoxy) is 3. The van der Waals surface area contributed by atoms with E-state index in [1.54, 1.807) is 72.8 Å². The maximum absolute atomic E-state index is 11.3. The minimum atomic E-state index is -0.555. The van der Waals surface area contributed by atoms with Crippen LogP contribution in [0.4, 0.5) is 34.1 Å². The van der Waals surface area contributed by atoms with Gasteiger partial charge in [0.2, 0.25) is 6.79 Å². The first-order valence-electron chi connectivity index (χ1n) is 13.8. The second-order valence-electron chi connectivity index (χ2n) is 9.27. The van der Waals surface area contributed by atoms with Crippen molar-refractivity contribution in [3.8, 4) is 11.5 Å². The molecule has 45 heavy (non-hydrogen) atoms. The van der Waals surface area contributed by atoms with E-state index in [2.05, 4.69) is 43.8 Å². The number of carbonyl (C=O) groups excluding carboxylic acids is 2. The molecule has 0 saturated heterocycles. The van der Waals surface area contributed by atoms with Gasteiger partial charge < -0.3 is 14.2 Å². The number of azo groups is 3. The number of carbonyl (C=O) groups is 2. The van der Waals surface area contributed by atoms with Gasteiger partial charge in [-0.05, 0) is 110 Å². The molecule has 0 saturated carbocycles. The van der Waals surface area contributed by atoms with Crippen LogP contribution in [0, 0.1) is 6.92 Å². The average molecular weight is 603 g/mol. The van der Waals surface area contributed by atoms with Gasteiger partial charge in [0.1, 0.15) is 11.5 Å². The first kappa shape index (κ1) is 31.8. The maximum Gasteiger partial charge on any atom is 0.333 e. The van der Waals surface area contributed by atoms with E-state index in [-0.39, 0.29) is 19.0 Å². The number of hydrogen-bond donors (Lipinski definition) is 0. The quantitative estimate of drug-likeness (QED) is 0.0577. The number of nitrogens with zero attached hydrogens (tertiary/aromatic N) is 6. The van der Waals surface area contributed by atoms with E-state index in [1.807, 2.05) is 25.1 Å². The predicted molar refractivity (Wildman–Crippen MR) is 170 cm³/mol. The first-order chi connectivity index (χ1) is 21.9. The van der Waals surface area contributed by atoms with Crippen LogP contribution in [0.2, 0.25) is 0 Å². The number of allylic oxidation sites excluding steroid dienone is 1. The molecule has 0 bridgehead atoms. The molecule has 4 rings (SSSR count). The Morgan fingerprint density at radius 1 is 0.622 bits per heavy atom. The van der Waals surface area contributed by atoms with Crippen LogP contribution >= 0.6 is 0 Å². The Morgan fingerprint density at radius 3 is 1.60 bits per heavy atom. The van der Waals surface area contributed by atoms with Gasteiger partial charge in [-0.3, -0.25) is 4.79 Å². The van der Waals surface area contributed by atoms with E-state index >= 15 is 0 Å². The number of aryl methyl sites for hydroxylation is 1. The van der Waals surface area contributed by atoms with E-state index in [1.165, 1.54) is 6.08 Å². The van der Waals surface area contributed by atoms with Crippen LogP contribution in [-0.2, 0) is 14.3 Å². The molecule has 4 aromatic carbocycles. The van der Waals surface area contributed by atoms with E-state index in [0.717, 1.165) is 11.6 Å². The van der Waals surface area contributed by atoms with Gasteiger partial charge in [-0.1, -0.05) is 13.2 Å². The van der Waals surface area contributed by atoms with Crippen molar-refractivity contribution in [2.45, 2.75) is 13.3 Å². The van der Waals surface area contributed by atoms with Crippen molar-refractivity contribution in [3.05, 3.63) is 122 Å². The second-order valence-corrected chi connectivity index (χ2v) is 9.27. The Bertz CT molecular complexity index is 1710. The lowest BCUT2D eigenvalue weighted by Gasteiger charge is -2.05. The molecular weight excluding hydrogens is 572 g/mol. The van der Waals surface area contributed by atoms with Gasteiger partial charge in [-0.15, -0.1) is 0 Å². The van der Waals surface area contributed by atoms with E-state index < -0.39 is 5.97 Å². The molecule has 0 amide bonds. The Balaban J connectivity index is 1.27. The van der Waals surface area contributed by atoms with Crippen molar-refractivity contribution in [1.29, 1.82) is 0 Å². The molecule has 11 heteroatoms. The summed E-state index contributed by atoms with van der Waals surface area (Å²) in [5.74, 6) is 0.564. The molecule has 0 aliphatic rings. The monoisotopic (exact) mass is 602 g/mol. The van der Waals surface area contributed by atoms with E-state index in [9.17, 15) is 9.59 Å². The molecule has 4 aromatic rings. The fraction of sp³-hybridized carbons (Fsp3) is 0.118. The number of hydrogen-bond acceptors (Lipinski definition) is 11. The molecular formula is C34H30N6O5. The number of rotatable bonds is 15. The summed E-state index contributed by atoms with van der Waals surface area (Å²) in [5, 5.41) is 25.7. The Morgan fingerprint density at radius 2 is 1.09 bits per heavy atom. The smallest absolute Gasteiger partial charge is 0.333 e. The SMILES string of the molecule is C=CC(=O)CCOc1ccc(N=Nc2ccc(N=Nc3ccc(N=Nc4ccc(OCOC(=O)C=C)cc4)cc3)c(C)c2)cc1. The van der Waals surface area contributed by atoms with Crippen molar-refractivity contribution in [1.82, 2.24) is 0 Å². The highest BCUT2D eigenvalue weighted by Crippen LogP contribution is 2.29. The van der Waals surface area contributed by atoms with Crippen molar-refractivity contribution in [3.63, 3.8) is 0 Å². The standard InChI is InChI=1S/C34H30N6O5/c1-4-30(41)20-21-43-31-15-10-28(11-16-31)37-39-29-14-19-33(24(3)22-29)40-38-26-8-6-25(7-9-26)35-36-27-12-17-32(18-13-27)44-23-45-34(42)5-2/h4-19,22H,1-2,20-21,23H2,3H3. The summed E-state index contributed by atoms with van der Waals surface area (Å²) < 4.78 is 15.6. The molecule has 0 unspecified atom stereocenters. The largest absolute Gasteiger partial charge is 0.493 e. The first-order valence-corrected chi connectivity index (χ1v) is 13.8. The number of benzene rings is 4. The molecule has 11 nitrogen and oxygen atoms in total. The zero-order chi connectivity index (χ0) is 31.9. The lowest BCUT2D eigenvalue weighted by atomic mass is 10.2. The fourth-order valence-electron chi connectivity index (χ4n) is 3.55. The summed E-state index contributed by atoms with van der Waals surface area (Å²) in [6.07, 6.45) is 2.64. The summed E-state index contributed by atoms with van der Waals surface area (Å²) in [7, 11) is 0. The highest BCUT2D eigenvalue weighted by molar-refractivity contribution is 5.89. The molecule has 0 spiro atoms. The third-order valence-electron chi connectivity index (χ3n) is 5.98. The summed E-state index contributed by atoms with van der Waals surface area (Å²) in [6, 6.07) is 26.7. The minimum absolute atomic E-state index is 0.0575. The average Bonchev–Trinajstić information content (AvgIpc) is 3.07. The minimum Gasteiger partial charge on any atom is -0.493 e. The maximum atomic E-state index is 11.3. The molecule has 0 aliphatic heterocycles. The van der Waals surface area contributed by atoms with Gasteiger partial charge in [-0.2, -0.15) is 30.7 Å². The van der Waals surface area contributed by atoms with Gasteiger partial charge in [0.25, 0.3) is 0 Å². The van der Waals surface area contributed by atoms with Gasteiger partial charge in [0, 0.05) is 12.5 Å². The van der Waals surface area contributed by atoms with Gasteiger partial charge in [-0.25, -0.2) is 4.79 Å². The lowest BCUT2D eigenvalue weighted by Crippen LogP contribution is -2.07. The van der Waals surface area contributed by atoms with Crippen LogP contribution in [0.5, 0.6) is 11.5 Å². The number of ketones is 1. The Hall–Kier alpha value is -6.10. The lowest BCUT2D eigenvalue weighted by molar-refractivity contribution is -0.144. The number of esters is 1. The molecule has 0 aromatic heterocycles. The molecule has 0 fully saturated rings. The highest BCUT2D eigenvalue weighted by atomic mass is 16.7. The molecule has 0 radical (unpaired) electrons. The van der Waals surface area contributed by atoms with Crippen molar-refractivity contribution in [2.75, 3.05) is 13.4 Å². The third-order valence-corrected chi connectivity index (χ3v) is 5.98. The second kappa shape index (κ2) is 16.5. The van der Waals surface area contributed by atoms with Crippen LogP contribution in [0.3, 0.4) is 0 Å². The Kier molecular flexibility index (Phi) is 11.7. The summed E-state index contributed by atoms with van der Waals surface area (Å²) in [4.78, 5) is 22.3. The highest BCUT2D eigenvalue weighted by Gasteiger charge is 2.02. The molecule has 0 heterocycles. The van der Waals surface area contributed by atoms with Crippen LogP contribution in [-0.4, -0.2) is 25.2 Å². The van der Waals surface area contributed by atoms with Gasteiger partial charge >= 0.3 is 5.97 Å².